The predicted molar refractivity (Wildman–Crippen MR) is 112 cm³/mol. The van der Waals surface area contributed by atoms with Crippen LogP contribution in [0.25, 0.3) is 10.8 Å². The Hall–Kier alpha value is -2.14. The number of nitrogens with one attached hydrogen (secondary N) is 2. The Kier molecular flexibility index (Phi) is 5.53. The molecule has 0 bridgehead atoms. The quantitative estimate of drug-likeness (QED) is 0.335. The predicted octanol–water partition coefficient (Wildman–Crippen LogP) is 5.86. The van der Waals surface area contributed by atoms with Crippen LogP contribution in [0, 0.1) is 0 Å². The molecule has 0 spiro atoms. The lowest BCUT2D eigenvalue weighted by atomic mass is 10.0. The van der Waals surface area contributed by atoms with E-state index in [-0.39, 0.29) is 0 Å². The van der Waals surface area contributed by atoms with Crippen LogP contribution in [0.4, 0.5) is 5.69 Å². The van der Waals surface area contributed by atoms with E-state index in [0.29, 0.717) is 20.8 Å². The number of hydrazone groups is 1. The Morgan fingerprint density at radius 1 is 0.960 bits per heavy atom. The minimum atomic E-state index is 0.351. The van der Waals surface area contributed by atoms with Crippen LogP contribution in [0.1, 0.15) is 12.5 Å². The minimum Gasteiger partial charge on any atom is -0.330 e. The Morgan fingerprint density at radius 2 is 1.72 bits per heavy atom. The van der Waals surface area contributed by atoms with Crippen LogP contribution >= 0.6 is 35.4 Å². The fraction of sp³-hybridized carbons (Fsp3) is 0.0526. The molecule has 0 aromatic heterocycles. The van der Waals surface area contributed by atoms with Crippen molar-refractivity contribution in [2.75, 3.05) is 5.32 Å². The Balaban J connectivity index is 1.70. The van der Waals surface area contributed by atoms with E-state index in [1.54, 1.807) is 18.2 Å². The van der Waals surface area contributed by atoms with E-state index in [1.807, 2.05) is 25.1 Å². The molecule has 25 heavy (non-hydrogen) atoms. The van der Waals surface area contributed by atoms with Gasteiger partial charge in [-0.1, -0.05) is 59.6 Å². The summed E-state index contributed by atoms with van der Waals surface area (Å²) in [5.74, 6) is 0. The first-order chi connectivity index (χ1) is 12.0. The molecule has 3 aromatic rings. The molecule has 0 radical (unpaired) electrons. The van der Waals surface area contributed by atoms with Crippen molar-refractivity contribution in [1.82, 2.24) is 5.43 Å². The van der Waals surface area contributed by atoms with Gasteiger partial charge in [-0.3, -0.25) is 5.43 Å². The lowest BCUT2D eigenvalue weighted by Crippen LogP contribution is -2.25. The standard InChI is InChI=1S/C19H15Cl2N3S/c1-12(14-7-6-13-4-2-3-5-15(13)10-14)23-24-19(25)22-18-9-8-16(20)11-17(18)21/h2-11H,1H3,(H2,22,24,25). The zero-order valence-electron chi connectivity index (χ0n) is 13.4. The van der Waals surface area contributed by atoms with Crippen molar-refractivity contribution in [3.05, 3.63) is 76.3 Å². The lowest BCUT2D eigenvalue weighted by molar-refractivity contribution is 1.04. The summed E-state index contributed by atoms with van der Waals surface area (Å²) < 4.78 is 0. The first kappa shape index (κ1) is 17.7. The number of anilines is 1. The van der Waals surface area contributed by atoms with Crippen molar-refractivity contribution in [3.63, 3.8) is 0 Å². The molecule has 0 saturated heterocycles. The number of hydrogen-bond acceptors (Lipinski definition) is 2. The van der Waals surface area contributed by atoms with Gasteiger partial charge in [-0.05, 0) is 59.7 Å². The van der Waals surface area contributed by atoms with Gasteiger partial charge in [0.25, 0.3) is 0 Å². The summed E-state index contributed by atoms with van der Waals surface area (Å²) in [7, 11) is 0. The molecule has 126 valence electrons. The van der Waals surface area contributed by atoms with E-state index in [0.717, 1.165) is 11.3 Å². The van der Waals surface area contributed by atoms with Gasteiger partial charge < -0.3 is 5.32 Å². The van der Waals surface area contributed by atoms with Gasteiger partial charge in [-0.25, -0.2) is 0 Å². The molecule has 0 amide bonds. The summed E-state index contributed by atoms with van der Waals surface area (Å²) in [6.45, 7) is 1.93. The molecule has 3 nitrogen and oxygen atoms in total. The average Bonchev–Trinajstić information content (AvgIpc) is 2.61. The summed E-state index contributed by atoms with van der Waals surface area (Å²) in [6.07, 6.45) is 0. The van der Waals surface area contributed by atoms with Gasteiger partial charge >= 0.3 is 0 Å². The number of thiocarbonyl (C=S) groups is 1. The number of nitrogens with zero attached hydrogens (tertiary/aromatic N) is 1. The zero-order chi connectivity index (χ0) is 17.8. The SMILES string of the molecule is CC(=NNC(=S)Nc1ccc(Cl)cc1Cl)c1ccc2ccccc2c1. The molecule has 0 saturated carbocycles. The average molecular weight is 388 g/mol. The van der Waals surface area contributed by atoms with Crippen molar-refractivity contribution in [1.29, 1.82) is 0 Å². The Morgan fingerprint density at radius 3 is 2.48 bits per heavy atom. The van der Waals surface area contributed by atoms with Crippen LogP contribution in [-0.2, 0) is 0 Å². The van der Waals surface area contributed by atoms with Gasteiger partial charge in [0.2, 0.25) is 0 Å². The lowest BCUT2D eigenvalue weighted by Gasteiger charge is -2.10. The van der Waals surface area contributed by atoms with Crippen LogP contribution in [0.15, 0.2) is 65.8 Å². The van der Waals surface area contributed by atoms with E-state index < -0.39 is 0 Å². The highest BCUT2D eigenvalue weighted by Crippen LogP contribution is 2.25. The van der Waals surface area contributed by atoms with Gasteiger partial charge in [-0.2, -0.15) is 5.10 Å². The highest BCUT2D eigenvalue weighted by Gasteiger charge is 2.04. The second-order valence-electron chi connectivity index (χ2n) is 5.45. The van der Waals surface area contributed by atoms with E-state index in [1.165, 1.54) is 10.8 Å². The maximum atomic E-state index is 6.12. The normalized spacial score (nSPS) is 11.4. The summed E-state index contributed by atoms with van der Waals surface area (Å²) in [5, 5.41) is 11.1. The van der Waals surface area contributed by atoms with Crippen LogP contribution < -0.4 is 10.7 Å². The van der Waals surface area contributed by atoms with E-state index in [9.17, 15) is 0 Å². The van der Waals surface area contributed by atoms with Crippen molar-refractivity contribution in [3.8, 4) is 0 Å². The van der Waals surface area contributed by atoms with Gasteiger partial charge in [0.05, 0.1) is 16.4 Å². The molecule has 0 fully saturated rings. The fourth-order valence-corrected chi connectivity index (χ4v) is 2.97. The van der Waals surface area contributed by atoms with Crippen molar-refractivity contribution < 1.29 is 0 Å². The minimum absolute atomic E-state index is 0.351. The number of fused-ring (bicyclic) bond motifs is 1. The maximum Gasteiger partial charge on any atom is 0.191 e. The van der Waals surface area contributed by atoms with Crippen LogP contribution in [0.2, 0.25) is 10.0 Å². The van der Waals surface area contributed by atoms with Gasteiger partial charge in [0.15, 0.2) is 5.11 Å². The van der Waals surface area contributed by atoms with Crippen molar-refractivity contribution in [2.45, 2.75) is 6.92 Å². The first-order valence-electron chi connectivity index (χ1n) is 7.58. The molecule has 0 aliphatic heterocycles. The van der Waals surface area contributed by atoms with E-state index >= 15 is 0 Å². The van der Waals surface area contributed by atoms with E-state index in [2.05, 4.69) is 40.1 Å². The van der Waals surface area contributed by atoms with Gasteiger partial charge in [-0.15, -0.1) is 0 Å². The topological polar surface area (TPSA) is 36.4 Å². The molecule has 3 aromatic carbocycles. The molecule has 0 aliphatic rings. The fourth-order valence-electron chi connectivity index (χ4n) is 2.35. The van der Waals surface area contributed by atoms with Crippen molar-refractivity contribution in [2.24, 2.45) is 5.10 Å². The molecule has 0 atom stereocenters. The summed E-state index contributed by atoms with van der Waals surface area (Å²) in [6, 6.07) is 19.6. The highest BCUT2D eigenvalue weighted by atomic mass is 35.5. The van der Waals surface area contributed by atoms with Gasteiger partial charge in [0, 0.05) is 5.02 Å². The monoisotopic (exact) mass is 387 g/mol. The molecular weight excluding hydrogens is 373 g/mol. The zero-order valence-corrected chi connectivity index (χ0v) is 15.7. The first-order valence-corrected chi connectivity index (χ1v) is 8.75. The molecule has 0 aliphatic carbocycles. The van der Waals surface area contributed by atoms with Crippen molar-refractivity contribution >= 4 is 62.7 Å². The third-order valence-corrected chi connectivity index (χ3v) is 4.41. The van der Waals surface area contributed by atoms with Crippen LogP contribution in [-0.4, -0.2) is 10.8 Å². The maximum absolute atomic E-state index is 6.12. The number of benzene rings is 3. The number of rotatable bonds is 3. The number of hydrogen-bond donors (Lipinski definition) is 2. The Bertz CT molecular complexity index is 970. The molecule has 0 unspecified atom stereocenters. The van der Waals surface area contributed by atoms with Crippen LogP contribution in [0.3, 0.4) is 0 Å². The molecular formula is C19H15Cl2N3S. The van der Waals surface area contributed by atoms with E-state index in [4.69, 9.17) is 35.4 Å². The third-order valence-electron chi connectivity index (χ3n) is 3.67. The molecule has 0 heterocycles. The van der Waals surface area contributed by atoms with Crippen LogP contribution in [0.5, 0.6) is 0 Å². The second kappa shape index (κ2) is 7.83. The Labute approximate surface area is 161 Å². The largest absolute Gasteiger partial charge is 0.330 e. The smallest absolute Gasteiger partial charge is 0.191 e. The summed E-state index contributed by atoms with van der Waals surface area (Å²) >= 11 is 17.3. The second-order valence-corrected chi connectivity index (χ2v) is 6.70. The molecule has 3 rings (SSSR count). The van der Waals surface area contributed by atoms with Gasteiger partial charge in [0.1, 0.15) is 0 Å². The third kappa shape index (κ3) is 4.48. The summed E-state index contributed by atoms with van der Waals surface area (Å²) in [5.41, 5.74) is 5.36. The molecule has 2 N–H and O–H groups in total. The molecule has 6 heteroatoms. The summed E-state index contributed by atoms with van der Waals surface area (Å²) in [4.78, 5) is 0. The highest BCUT2D eigenvalue weighted by molar-refractivity contribution is 7.80. The number of halogens is 2.